The summed E-state index contributed by atoms with van der Waals surface area (Å²) in [4.78, 5) is 39.1. The number of benzene rings is 3. The van der Waals surface area contributed by atoms with E-state index in [0.717, 1.165) is 16.9 Å². The highest BCUT2D eigenvalue weighted by molar-refractivity contribution is 6.31. The molecule has 0 bridgehead atoms. The first kappa shape index (κ1) is 26.0. The largest absolute Gasteiger partial charge is 0.497 e. The summed E-state index contributed by atoms with van der Waals surface area (Å²) in [5.74, 6) is 0.219. The molecular weight excluding hydrogens is 494 g/mol. The lowest BCUT2D eigenvalue weighted by Crippen LogP contribution is -2.32. The molecule has 1 aliphatic heterocycles. The second-order valence-electron chi connectivity index (χ2n) is 8.71. The third kappa shape index (κ3) is 6.59. The van der Waals surface area contributed by atoms with Crippen molar-refractivity contribution in [2.45, 2.75) is 19.9 Å². The molecule has 0 radical (unpaired) electrons. The van der Waals surface area contributed by atoms with E-state index in [1.54, 1.807) is 54.5 Å². The molecule has 8 nitrogen and oxygen atoms in total. The lowest BCUT2D eigenvalue weighted by molar-refractivity contribution is -0.126. The Kier molecular flexibility index (Phi) is 8.30. The molecule has 1 atom stereocenters. The minimum Gasteiger partial charge on any atom is -0.497 e. The molecule has 37 heavy (non-hydrogen) atoms. The van der Waals surface area contributed by atoms with Gasteiger partial charge in [-0.1, -0.05) is 29.8 Å². The fourth-order valence-electron chi connectivity index (χ4n) is 4.01. The van der Waals surface area contributed by atoms with Crippen LogP contribution in [-0.4, -0.2) is 38.0 Å². The highest BCUT2D eigenvalue weighted by Gasteiger charge is 2.35. The zero-order valence-electron chi connectivity index (χ0n) is 20.6. The van der Waals surface area contributed by atoms with Gasteiger partial charge in [-0.05, 0) is 66.6 Å². The Bertz CT molecular complexity index is 1280. The van der Waals surface area contributed by atoms with Crippen LogP contribution in [0.25, 0.3) is 0 Å². The Hall–Kier alpha value is -4.04. The number of anilines is 2. The van der Waals surface area contributed by atoms with Crippen molar-refractivity contribution < 1.29 is 23.9 Å². The first-order valence-electron chi connectivity index (χ1n) is 11.8. The normalized spacial score (nSPS) is 14.8. The van der Waals surface area contributed by atoms with Crippen molar-refractivity contribution >= 4 is 40.7 Å². The summed E-state index contributed by atoms with van der Waals surface area (Å²) >= 11 is 6.09. The molecule has 1 saturated heterocycles. The van der Waals surface area contributed by atoms with Gasteiger partial charge in [0.25, 0.3) is 5.91 Å². The Morgan fingerprint density at radius 3 is 2.43 bits per heavy atom. The van der Waals surface area contributed by atoms with Crippen molar-refractivity contribution in [1.29, 1.82) is 0 Å². The molecule has 0 unspecified atom stereocenters. The van der Waals surface area contributed by atoms with Gasteiger partial charge in [-0.25, -0.2) is 0 Å². The molecule has 3 aromatic carbocycles. The molecule has 1 aliphatic rings. The summed E-state index contributed by atoms with van der Waals surface area (Å²) in [5.41, 5.74) is 3.03. The number of carbonyl (C=O) groups excluding carboxylic acids is 3. The van der Waals surface area contributed by atoms with Gasteiger partial charge in [-0.3, -0.25) is 14.4 Å². The molecule has 1 heterocycles. The monoisotopic (exact) mass is 521 g/mol. The average molecular weight is 522 g/mol. The number of rotatable bonds is 9. The van der Waals surface area contributed by atoms with Crippen LogP contribution in [0.4, 0.5) is 11.4 Å². The maximum Gasteiger partial charge on any atom is 0.262 e. The lowest BCUT2D eigenvalue weighted by Gasteiger charge is -2.17. The van der Waals surface area contributed by atoms with Crippen molar-refractivity contribution in [2.24, 2.45) is 5.92 Å². The highest BCUT2D eigenvalue weighted by Crippen LogP contribution is 2.27. The second-order valence-corrected chi connectivity index (χ2v) is 9.12. The van der Waals surface area contributed by atoms with Crippen molar-refractivity contribution in [3.8, 4) is 11.5 Å². The predicted octanol–water partition coefficient (Wildman–Crippen LogP) is 4.34. The first-order chi connectivity index (χ1) is 17.8. The van der Waals surface area contributed by atoms with E-state index >= 15 is 0 Å². The van der Waals surface area contributed by atoms with Gasteiger partial charge in [0.1, 0.15) is 11.5 Å². The van der Waals surface area contributed by atoms with E-state index in [-0.39, 0.29) is 30.7 Å². The van der Waals surface area contributed by atoms with Gasteiger partial charge in [-0.15, -0.1) is 0 Å². The number of ether oxygens (including phenoxy) is 2. The molecule has 0 saturated carbocycles. The number of hydrogen-bond donors (Lipinski definition) is 2. The molecule has 4 rings (SSSR count). The Balaban J connectivity index is 1.26. The Labute approximate surface area is 220 Å². The number of amides is 3. The van der Waals surface area contributed by atoms with Crippen LogP contribution in [0.15, 0.2) is 66.7 Å². The standard InChI is InChI=1S/C28H28ClN3O5/c1-18-24(29)4-3-5-25(18)31-26(33)17-37-23-12-8-21(9-13-23)32-16-20(14-27(32)34)28(35)30-15-19-6-10-22(36-2)11-7-19/h3-13,20H,14-17H2,1-2H3,(H,30,35)(H,31,33)/t20-/m1/s1. The van der Waals surface area contributed by atoms with E-state index in [1.807, 2.05) is 31.2 Å². The quantitative estimate of drug-likeness (QED) is 0.436. The maximum absolute atomic E-state index is 12.7. The smallest absolute Gasteiger partial charge is 0.262 e. The Morgan fingerprint density at radius 2 is 1.73 bits per heavy atom. The van der Waals surface area contributed by atoms with E-state index in [0.29, 0.717) is 35.2 Å². The molecule has 3 aromatic rings. The molecule has 9 heteroatoms. The van der Waals surface area contributed by atoms with Crippen LogP contribution in [-0.2, 0) is 20.9 Å². The third-order valence-corrected chi connectivity index (χ3v) is 6.59. The van der Waals surface area contributed by atoms with Gasteiger partial charge in [0.05, 0.1) is 13.0 Å². The van der Waals surface area contributed by atoms with E-state index in [9.17, 15) is 14.4 Å². The molecule has 1 fully saturated rings. The van der Waals surface area contributed by atoms with Gasteiger partial charge < -0.3 is 25.0 Å². The SMILES string of the molecule is COc1ccc(CNC(=O)[C@@H]2CC(=O)N(c3ccc(OCC(=O)Nc4cccc(Cl)c4C)cc3)C2)cc1. The van der Waals surface area contributed by atoms with Gasteiger partial charge in [-0.2, -0.15) is 0 Å². The first-order valence-corrected chi connectivity index (χ1v) is 12.2. The van der Waals surface area contributed by atoms with E-state index in [2.05, 4.69) is 10.6 Å². The number of nitrogens with one attached hydrogen (secondary N) is 2. The molecule has 0 aromatic heterocycles. The van der Waals surface area contributed by atoms with E-state index < -0.39 is 5.92 Å². The molecule has 2 N–H and O–H groups in total. The van der Waals surface area contributed by atoms with E-state index in [4.69, 9.17) is 21.1 Å². The van der Waals surface area contributed by atoms with Crippen LogP contribution in [0.3, 0.4) is 0 Å². The number of methoxy groups -OCH3 is 1. The summed E-state index contributed by atoms with van der Waals surface area (Å²) in [6.45, 7) is 2.33. The molecule has 0 aliphatic carbocycles. The number of hydrogen-bond acceptors (Lipinski definition) is 5. The molecule has 3 amide bonds. The van der Waals surface area contributed by atoms with Crippen LogP contribution >= 0.6 is 11.6 Å². The third-order valence-electron chi connectivity index (χ3n) is 6.18. The van der Waals surface area contributed by atoms with Crippen LogP contribution in [0.5, 0.6) is 11.5 Å². The molecule has 192 valence electrons. The summed E-state index contributed by atoms with van der Waals surface area (Å²) < 4.78 is 10.7. The average Bonchev–Trinajstić information content (AvgIpc) is 3.31. The second kappa shape index (κ2) is 11.8. The maximum atomic E-state index is 12.7. The number of halogens is 1. The van der Waals surface area contributed by atoms with Crippen molar-refractivity contribution in [3.05, 3.63) is 82.9 Å². The van der Waals surface area contributed by atoms with Crippen molar-refractivity contribution in [2.75, 3.05) is 30.5 Å². The fourth-order valence-corrected chi connectivity index (χ4v) is 4.18. The molecular formula is C28H28ClN3O5. The minimum absolute atomic E-state index is 0.116. The number of nitrogens with zero attached hydrogens (tertiary/aromatic N) is 1. The summed E-state index contributed by atoms with van der Waals surface area (Å²) in [5, 5.41) is 6.26. The number of carbonyl (C=O) groups is 3. The fraction of sp³-hybridized carbons (Fsp3) is 0.250. The minimum atomic E-state index is -0.430. The topological polar surface area (TPSA) is 97.0 Å². The van der Waals surface area contributed by atoms with Gasteiger partial charge >= 0.3 is 0 Å². The van der Waals surface area contributed by atoms with Crippen molar-refractivity contribution in [3.63, 3.8) is 0 Å². The zero-order valence-corrected chi connectivity index (χ0v) is 21.4. The Morgan fingerprint density at radius 1 is 1.03 bits per heavy atom. The van der Waals surface area contributed by atoms with Crippen LogP contribution < -0.4 is 25.0 Å². The highest BCUT2D eigenvalue weighted by atomic mass is 35.5. The van der Waals surface area contributed by atoms with Crippen LogP contribution in [0.1, 0.15) is 17.5 Å². The van der Waals surface area contributed by atoms with Gasteiger partial charge in [0, 0.05) is 35.9 Å². The van der Waals surface area contributed by atoms with Gasteiger partial charge in [0.15, 0.2) is 6.61 Å². The van der Waals surface area contributed by atoms with E-state index in [1.165, 1.54) is 0 Å². The summed E-state index contributed by atoms with van der Waals surface area (Å²) in [7, 11) is 1.60. The van der Waals surface area contributed by atoms with Crippen molar-refractivity contribution in [1.82, 2.24) is 5.32 Å². The van der Waals surface area contributed by atoms with Crippen LogP contribution in [0.2, 0.25) is 5.02 Å². The zero-order chi connectivity index (χ0) is 26.4. The summed E-state index contributed by atoms with van der Waals surface area (Å²) in [6.07, 6.45) is 0.149. The van der Waals surface area contributed by atoms with Gasteiger partial charge in [0.2, 0.25) is 11.8 Å². The predicted molar refractivity (Wildman–Crippen MR) is 142 cm³/mol. The molecule has 0 spiro atoms. The summed E-state index contributed by atoms with van der Waals surface area (Å²) in [6, 6.07) is 19.6. The van der Waals surface area contributed by atoms with Crippen LogP contribution in [0, 0.1) is 12.8 Å². The lowest BCUT2D eigenvalue weighted by atomic mass is 10.1.